The number of nitrogens with one attached hydrogen (secondary N) is 1. The molecule has 0 spiro atoms. The smallest absolute Gasteiger partial charge is 0.120 e. The monoisotopic (exact) mass is 285 g/mol. The van der Waals surface area contributed by atoms with Gasteiger partial charge in [-0.1, -0.05) is 42.8 Å². The molecule has 16 heavy (non-hydrogen) atoms. The Morgan fingerprint density at radius 2 is 2.06 bits per heavy atom. The molecule has 0 fully saturated rings. The van der Waals surface area contributed by atoms with Gasteiger partial charge in [0.1, 0.15) is 5.75 Å². The highest BCUT2D eigenvalue weighted by Crippen LogP contribution is 2.31. The molecule has 3 heteroatoms. The van der Waals surface area contributed by atoms with Crippen LogP contribution in [0.4, 0.5) is 0 Å². The fourth-order valence-electron chi connectivity index (χ4n) is 1.81. The van der Waals surface area contributed by atoms with Crippen molar-refractivity contribution in [2.45, 2.75) is 26.8 Å². The number of methoxy groups -OCH3 is 1. The summed E-state index contributed by atoms with van der Waals surface area (Å²) in [5.41, 5.74) is 1.29. The highest BCUT2D eigenvalue weighted by Gasteiger charge is 2.17. The summed E-state index contributed by atoms with van der Waals surface area (Å²) in [6.07, 6.45) is 0. The Hall–Kier alpha value is -0.540. The summed E-state index contributed by atoms with van der Waals surface area (Å²) in [4.78, 5) is 0. The molecule has 0 bridgehead atoms. The minimum absolute atomic E-state index is 0.380. The first-order valence-corrected chi connectivity index (χ1v) is 6.46. The Morgan fingerprint density at radius 3 is 2.50 bits per heavy atom. The van der Waals surface area contributed by atoms with E-state index in [1.807, 2.05) is 12.1 Å². The SMILES string of the molecule is CCNC(c1ccc(OC)cc1Br)C(C)C. The molecule has 0 aliphatic carbocycles. The highest BCUT2D eigenvalue weighted by molar-refractivity contribution is 9.10. The molecule has 0 radical (unpaired) electrons. The Morgan fingerprint density at radius 1 is 1.38 bits per heavy atom. The molecule has 1 aromatic rings. The van der Waals surface area contributed by atoms with Gasteiger partial charge in [0.2, 0.25) is 0 Å². The molecule has 0 saturated carbocycles. The van der Waals surface area contributed by atoms with Crippen molar-refractivity contribution in [3.05, 3.63) is 28.2 Å². The van der Waals surface area contributed by atoms with E-state index in [9.17, 15) is 0 Å². The predicted molar refractivity (Wildman–Crippen MR) is 71.9 cm³/mol. The van der Waals surface area contributed by atoms with Crippen molar-refractivity contribution in [1.29, 1.82) is 0 Å². The van der Waals surface area contributed by atoms with Crippen LogP contribution in [-0.4, -0.2) is 13.7 Å². The van der Waals surface area contributed by atoms with Crippen LogP contribution in [0.25, 0.3) is 0 Å². The van der Waals surface area contributed by atoms with Crippen LogP contribution in [0.5, 0.6) is 5.75 Å². The van der Waals surface area contributed by atoms with Gasteiger partial charge in [0.15, 0.2) is 0 Å². The van der Waals surface area contributed by atoms with Gasteiger partial charge in [-0.15, -0.1) is 0 Å². The summed E-state index contributed by atoms with van der Waals surface area (Å²) in [6.45, 7) is 7.56. The molecule has 0 saturated heterocycles. The molecule has 90 valence electrons. The molecule has 0 amide bonds. The van der Waals surface area contributed by atoms with E-state index in [0.717, 1.165) is 16.8 Å². The lowest BCUT2D eigenvalue weighted by Crippen LogP contribution is -2.25. The van der Waals surface area contributed by atoms with Gasteiger partial charge in [0.05, 0.1) is 7.11 Å². The van der Waals surface area contributed by atoms with Crippen LogP contribution in [0.3, 0.4) is 0 Å². The van der Waals surface area contributed by atoms with Crippen molar-refractivity contribution in [3.63, 3.8) is 0 Å². The number of benzene rings is 1. The minimum Gasteiger partial charge on any atom is -0.497 e. The first-order chi connectivity index (χ1) is 7.60. The van der Waals surface area contributed by atoms with E-state index in [-0.39, 0.29) is 0 Å². The van der Waals surface area contributed by atoms with Crippen LogP contribution in [0.1, 0.15) is 32.4 Å². The number of hydrogen-bond donors (Lipinski definition) is 1. The summed E-state index contributed by atoms with van der Waals surface area (Å²) >= 11 is 3.61. The lowest BCUT2D eigenvalue weighted by atomic mass is 9.96. The van der Waals surface area contributed by atoms with Gasteiger partial charge in [0.25, 0.3) is 0 Å². The maximum Gasteiger partial charge on any atom is 0.120 e. The lowest BCUT2D eigenvalue weighted by molar-refractivity contribution is 0.408. The van der Waals surface area contributed by atoms with Crippen molar-refractivity contribution in [1.82, 2.24) is 5.32 Å². The standard InChI is InChI=1S/C13H20BrNO/c1-5-15-13(9(2)3)11-7-6-10(16-4)8-12(11)14/h6-9,13,15H,5H2,1-4H3. The zero-order chi connectivity index (χ0) is 12.1. The second-order valence-electron chi connectivity index (χ2n) is 4.17. The Bertz CT molecular complexity index is 339. The van der Waals surface area contributed by atoms with Crippen molar-refractivity contribution in [2.24, 2.45) is 5.92 Å². The van der Waals surface area contributed by atoms with Gasteiger partial charge in [-0.05, 0) is 30.2 Å². The zero-order valence-corrected chi connectivity index (χ0v) is 12.0. The van der Waals surface area contributed by atoms with Gasteiger partial charge in [-0.2, -0.15) is 0 Å². The quantitative estimate of drug-likeness (QED) is 0.889. The molecule has 1 rings (SSSR count). The van der Waals surface area contributed by atoms with E-state index in [1.165, 1.54) is 5.56 Å². The van der Waals surface area contributed by atoms with Crippen LogP contribution in [0.15, 0.2) is 22.7 Å². The number of halogens is 1. The first kappa shape index (κ1) is 13.5. The van der Waals surface area contributed by atoms with E-state index in [0.29, 0.717) is 12.0 Å². The van der Waals surface area contributed by atoms with Crippen LogP contribution in [0, 0.1) is 5.92 Å². The van der Waals surface area contributed by atoms with Gasteiger partial charge in [-0.25, -0.2) is 0 Å². The molecular weight excluding hydrogens is 266 g/mol. The third-order valence-corrected chi connectivity index (χ3v) is 3.32. The highest BCUT2D eigenvalue weighted by atomic mass is 79.9. The van der Waals surface area contributed by atoms with Gasteiger partial charge in [-0.3, -0.25) is 0 Å². The van der Waals surface area contributed by atoms with Crippen LogP contribution in [-0.2, 0) is 0 Å². The summed E-state index contributed by atoms with van der Waals surface area (Å²) in [6, 6.07) is 6.52. The second-order valence-corrected chi connectivity index (χ2v) is 5.02. The predicted octanol–water partition coefficient (Wildman–Crippen LogP) is 3.76. The molecule has 0 heterocycles. The molecule has 1 aromatic carbocycles. The number of ether oxygens (including phenoxy) is 1. The number of hydrogen-bond acceptors (Lipinski definition) is 2. The Kier molecular flexibility index (Phi) is 5.29. The van der Waals surface area contributed by atoms with Crippen molar-refractivity contribution >= 4 is 15.9 Å². The fraction of sp³-hybridized carbons (Fsp3) is 0.538. The van der Waals surface area contributed by atoms with E-state index in [4.69, 9.17) is 4.74 Å². The Labute approximate surface area is 107 Å². The normalized spacial score (nSPS) is 12.9. The van der Waals surface area contributed by atoms with Crippen molar-refractivity contribution in [3.8, 4) is 5.75 Å². The average Bonchev–Trinajstić information content (AvgIpc) is 2.26. The number of rotatable bonds is 5. The first-order valence-electron chi connectivity index (χ1n) is 5.67. The van der Waals surface area contributed by atoms with E-state index in [2.05, 4.69) is 48.1 Å². The Balaban J connectivity index is 3.00. The topological polar surface area (TPSA) is 21.3 Å². The third-order valence-electron chi connectivity index (χ3n) is 2.63. The van der Waals surface area contributed by atoms with E-state index >= 15 is 0 Å². The summed E-state index contributed by atoms with van der Waals surface area (Å²) in [5.74, 6) is 1.44. The minimum atomic E-state index is 0.380. The lowest BCUT2D eigenvalue weighted by Gasteiger charge is -2.23. The third kappa shape index (κ3) is 3.22. The van der Waals surface area contributed by atoms with Crippen LogP contribution >= 0.6 is 15.9 Å². The second kappa shape index (κ2) is 6.26. The fourth-order valence-corrected chi connectivity index (χ4v) is 2.42. The van der Waals surface area contributed by atoms with Gasteiger partial charge < -0.3 is 10.1 Å². The van der Waals surface area contributed by atoms with E-state index in [1.54, 1.807) is 7.11 Å². The molecule has 1 N–H and O–H groups in total. The molecule has 1 unspecified atom stereocenters. The maximum absolute atomic E-state index is 5.20. The molecule has 0 aliphatic rings. The van der Waals surface area contributed by atoms with Crippen molar-refractivity contribution in [2.75, 3.05) is 13.7 Å². The summed E-state index contributed by atoms with van der Waals surface area (Å²) < 4.78 is 6.30. The summed E-state index contributed by atoms with van der Waals surface area (Å²) in [5, 5.41) is 3.51. The summed E-state index contributed by atoms with van der Waals surface area (Å²) in [7, 11) is 1.69. The van der Waals surface area contributed by atoms with Crippen LogP contribution in [0.2, 0.25) is 0 Å². The van der Waals surface area contributed by atoms with Crippen molar-refractivity contribution < 1.29 is 4.74 Å². The van der Waals surface area contributed by atoms with E-state index < -0.39 is 0 Å². The van der Waals surface area contributed by atoms with Gasteiger partial charge >= 0.3 is 0 Å². The molecular formula is C13H20BrNO. The zero-order valence-electron chi connectivity index (χ0n) is 10.4. The van der Waals surface area contributed by atoms with Crippen LogP contribution < -0.4 is 10.1 Å². The molecule has 2 nitrogen and oxygen atoms in total. The molecule has 0 aromatic heterocycles. The maximum atomic E-state index is 5.20. The average molecular weight is 286 g/mol. The van der Waals surface area contributed by atoms with Gasteiger partial charge in [0, 0.05) is 10.5 Å². The molecule has 1 atom stereocenters. The largest absolute Gasteiger partial charge is 0.497 e. The molecule has 0 aliphatic heterocycles.